The van der Waals surface area contributed by atoms with E-state index < -0.39 is 0 Å². The minimum atomic E-state index is 0.359. The summed E-state index contributed by atoms with van der Waals surface area (Å²) in [5.41, 5.74) is 5.99. The number of hydrogen-bond donors (Lipinski definition) is 1. The van der Waals surface area contributed by atoms with Gasteiger partial charge in [-0.1, -0.05) is 6.92 Å². The molecular formula is C11H25N3. The molecule has 2 N–H and O–H groups in total. The molecule has 0 aliphatic carbocycles. The molecule has 0 aromatic carbocycles. The predicted molar refractivity (Wildman–Crippen MR) is 61.4 cm³/mol. The molecular weight excluding hydrogens is 174 g/mol. The van der Waals surface area contributed by atoms with Gasteiger partial charge in [-0.2, -0.15) is 0 Å². The van der Waals surface area contributed by atoms with Crippen LogP contribution in [-0.2, 0) is 0 Å². The van der Waals surface area contributed by atoms with Crippen LogP contribution in [0.2, 0.25) is 0 Å². The molecule has 1 fully saturated rings. The van der Waals surface area contributed by atoms with Gasteiger partial charge in [-0.3, -0.25) is 4.90 Å². The molecule has 84 valence electrons. The van der Waals surface area contributed by atoms with Gasteiger partial charge in [0.15, 0.2) is 0 Å². The lowest BCUT2D eigenvalue weighted by molar-refractivity contribution is 0.197. The second kappa shape index (κ2) is 5.69. The van der Waals surface area contributed by atoms with Crippen molar-refractivity contribution in [3.8, 4) is 0 Å². The Bertz CT molecular complexity index is 159. The van der Waals surface area contributed by atoms with Gasteiger partial charge in [0.2, 0.25) is 0 Å². The molecule has 0 bridgehead atoms. The molecule has 1 saturated heterocycles. The van der Waals surface area contributed by atoms with Gasteiger partial charge >= 0.3 is 0 Å². The third kappa shape index (κ3) is 3.56. The standard InChI is InChI=1S/C11H25N3/c1-4-10(12)8-14-7-5-6-11(14)9-13(2)3/h10-11H,4-9,12H2,1-3H3. The molecule has 0 amide bonds. The maximum atomic E-state index is 5.99. The molecule has 0 saturated carbocycles. The summed E-state index contributed by atoms with van der Waals surface area (Å²) in [6.07, 6.45) is 3.77. The number of likely N-dealkylation sites (N-methyl/N-ethyl adjacent to an activating group) is 1. The zero-order valence-electron chi connectivity index (χ0n) is 9.87. The van der Waals surface area contributed by atoms with E-state index in [0.29, 0.717) is 6.04 Å². The van der Waals surface area contributed by atoms with Crippen LogP contribution in [-0.4, -0.2) is 55.6 Å². The van der Waals surface area contributed by atoms with E-state index in [1.165, 1.54) is 25.9 Å². The summed E-state index contributed by atoms with van der Waals surface area (Å²) in [6.45, 7) is 5.67. The Kier molecular flexibility index (Phi) is 4.85. The number of nitrogens with two attached hydrogens (primary N) is 1. The van der Waals surface area contributed by atoms with Crippen molar-refractivity contribution < 1.29 is 0 Å². The highest BCUT2D eigenvalue weighted by molar-refractivity contribution is 4.83. The molecule has 2 unspecified atom stereocenters. The lowest BCUT2D eigenvalue weighted by atomic mass is 10.2. The van der Waals surface area contributed by atoms with E-state index >= 15 is 0 Å². The molecule has 2 atom stereocenters. The smallest absolute Gasteiger partial charge is 0.0224 e. The average Bonchev–Trinajstić information content (AvgIpc) is 2.52. The minimum Gasteiger partial charge on any atom is -0.327 e. The topological polar surface area (TPSA) is 32.5 Å². The summed E-state index contributed by atoms with van der Waals surface area (Å²) in [6, 6.07) is 1.10. The van der Waals surface area contributed by atoms with Gasteiger partial charge < -0.3 is 10.6 Å². The molecule has 3 heteroatoms. The Morgan fingerprint density at radius 2 is 2.21 bits per heavy atom. The monoisotopic (exact) mass is 199 g/mol. The lowest BCUT2D eigenvalue weighted by Gasteiger charge is -2.28. The van der Waals surface area contributed by atoms with Crippen LogP contribution in [0.15, 0.2) is 0 Å². The van der Waals surface area contributed by atoms with Gasteiger partial charge in [0.1, 0.15) is 0 Å². The van der Waals surface area contributed by atoms with Crippen LogP contribution in [0.1, 0.15) is 26.2 Å². The Morgan fingerprint density at radius 1 is 1.50 bits per heavy atom. The largest absolute Gasteiger partial charge is 0.327 e. The first-order valence-corrected chi connectivity index (χ1v) is 5.77. The Labute approximate surface area is 88.2 Å². The highest BCUT2D eigenvalue weighted by Gasteiger charge is 2.25. The third-order valence-corrected chi connectivity index (χ3v) is 3.07. The maximum Gasteiger partial charge on any atom is 0.0224 e. The fourth-order valence-electron chi connectivity index (χ4n) is 2.19. The molecule has 3 nitrogen and oxygen atoms in total. The van der Waals surface area contributed by atoms with Gasteiger partial charge in [0, 0.05) is 25.2 Å². The molecule has 0 aromatic heterocycles. The van der Waals surface area contributed by atoms with Crippen LogP contribution < -0.4 is 5.73 Å². The summed E-state index contributed by atoms with van der Waals surface area (Å²) in [5.74, 6) is 0. The third-order valence-electron chi connectivity index (χ3n) is 3.07. The summed E-state index contributed by atoms with van der Waals surface area (Å²) in [7, 11) is 4.30. The number of hydrogen-bond acceptors (Lipinski definition) is 3. The fourth-order valence-corrected chi connectivity index (χ4v) is 2.19. The van der Waals surface area contributed by atoms with Crippen LogP contribution >= 0.6 is 0 Å². The molecule has 1 rings (SSSR count). The number of rotatable bonds is 5. The summed E-state index contributed by atoms with van der Waals surface area (Å²) in [4.78, 5) is 4.84. The van der Waals surface area contributed by atoms with E-state index in [1.807, 2.05) is 0 Å². The van der Waals surface area contributed by atoms with Crippen LogP contribution in [0, 0.1) is 0 Å². The fraction of sp³-hybridized carbons (Fsp3) is 1.00. The highest BCUT2D eigenvalue weighted by atomic mass is 15.2. The molecule has 1 aliphatic rings. The van der Waals surface area contributed by atoms with Crippen molar-refractivity contribution in [1.82, 2.24) is 9.80 Å². The van der Waals surface area contributed by atoms with Crippen LogP contribution in [0.5, 0.6) is 0 Å². The van der Waals surface area contributed by atoms with E-state index in [0.717, 1.165) is 19.0 Å². The van der Waals surface area contributed by atoms with Gasteiger partial charge in [-0.05, 0) is 39.9 Å². The average molecular weight is 199 g/mol. The summed E-state index contributed by atoms with van der Waals surface area (Å²) < 4.78 is 0. The van der Waals surface area contributed by atoms with Crippen molar-refractivity contribution >= 4 is 0 Å². The van der Waals surface area contributed by atoms with Gasteiger partial charge in [-0.25, -0.2) is 0 Å². The molecule has 0 aromatic rings. The van der Waals surface area contributed by atoms with E-state index in [2.05, 4.69) is 30.8 Å². The summed E-state index contributed by atoms with van der Waals surface area (Å²) >= 11 is 0. The van der Waals surface area contributed by atoms with E-state index in [1.54, 1.807) is 0 Å². The van der Waals surface area contributed by atoms with Crippen molar-refractivity contribution in [2.75, 3.05) is 33.7 Å². The normalized spacial score (nSPS) is 25.9. The van der Waals surface area contributed by atoms with Crippen LogP contribution in [0.25, 0.3) is 0 Å². The van der Waals surface area contributed by atoms with Gasteiger partial charge in [-0.15, -0.1) is 0 Å². The summed E-state index contributed by atoms with van der Waals surface area (Å²) in [5, 5.41) is 0. The lowest BCUT2D eigenvalue weighted by Crippen LogP contribution is -2.43. The van der Waals surface area contributed by atoms with Crippen molar-refractivity contribution in [2.45, 2.75) is 38.3 Å². The zero-order valence-corrected chi connectivity index (χ0v) is 9.87. The van der Waals surface area contributed by atoms with Gasteiger partial charge in [0.05, 0.1) is 0 Å². The van der Waals surface area contributed by atoms with Crippen LogP contribution in [0.3, 0.4) is 0 Å². The first-order valence-electron chi connectivity index (χ1n) is 5.77. The molecule has 1 heterocycles. The van der Waals surface area contributed by atoms with Crippen molar-refractivity contribution in [1.29, 1.82) is 0 Å². The number of likely N-dealkylation sites (tertiary alicyclic amines) is 1. The quantitative estimate of drug-likeness (QED) is 0.709. The zero-order chi connectivity index (χ0) is 10.6. The number of nitrogens with zero attached hydrogens (tertiary/aromatic N) is 2. The first kappa shape index (κ1) is 12.0. The molecule has 1 aliphatic heterocycles. The molecule has 0 spiro atoms. The minimum absolute atomic E-state index is 0.359. The van der Waals surface area contributed by atoms with Gasteiger partial charge in [0.25, 0.3) is 0 Å². The van der Waals surface area contributed by atoms with E-state index in [-0.39, 0.29) is 0 Å². The first-order chi connectivity index (χ1) is 6.63. The van der Waals surface area contributed by atoms with Crippen LogP contribution in [0.4, 0.5) is 0 Å². The Morgan fingerprint density at radius 3 is 2.79 bits per heavy atom. The predicted octanol–water partition coefficient (Wildman–Crippen LogP) is 0.750. The SMILES string of the molecule is CCC(N)CN1CCCC1CN(C)C. The van der Waals surface area contributed by atoms with E-state index in [9.17, 15) is 0 Å². The Hall–Kier alpha value is -0.120. The van der Waals surface area contributed by atoms with E-state index in [4.69, 9.17) is 5.73 Å². The highest BCUT2D eigenvalue weighted by Crippen LogP contribution is 2.17. The van der Waals surface area contributed by atoms with Crippen molar-refractivity contribution in [3.05, 3.63) is 0 Å². The second-order valence-electron chi connectivity index (χ2n) is 4.72. The molecule has 14 heavy (non-hydrogen) atoms. The van der Waals surface area contributed by atoms with Crippen molar-refractivity contribution in [3.63, 3.8) is 0 Å². The van der Waals surface area contributed by atoms with Crippen molar-refractivity contribution in [2.24, 2.45) is 5.73 Å². The maximum absolute atomic E-state index is 5.99. The second-order valence-corrected chi connectivity index (χ2v) is 4.72. The Balaban J connectivity index is 2.35. The molecule has 0 radical (unpaired) electrons.